The summed E-state index contributed by atoms with van der Waals surface area (Å²) in [5, 5.41) is 0.648. The van der Waals surface area contributed by atoms with Crippen molar-refractivity contribution in [2.75, 3.05) is 18.0 Å². The smallest absolute Gasteiger partial charge is 0.240 e. The highest BCUT2D eigenvalue weighted by Gasteiger charge is 2.27. The molecule has 0 aliphatic carbocycles. The minimum atomic E-state index is -3.58. The van der Waals surface area contributed by atoms with Gasteiger partial charge in [0, 0.05) is 30.4 Å². The number of anilines is 1. The molecule has 0 unspecified atom stereocenters. The Morgan fingerprint density at radius 3 is 2.54 bits per heavy atom. The lowest BCUT2D eigenvalue weighted by atomic mass is 10.1. The quantitative estimate of drug-likeness (QED) is 0.687. The molecule has 2 heterocycles. The second-order valence-corrected chi connectivity index (χ2v) is 8.93. The SMILES string of the molecule is O=S(=O)(N[C@H]1CCN(c2ccccn2)C1)c1ccc(-c2cccc(Cl)c2)cc1. The molecule has 28 heavy (non-hydrogen) atoms. The third-order valence-corrected chi connectivity index (χ3v) is 6.58. The Labute approximate surface area is 170 Å². The summed E-state index contributed by atoms with van der Waals surface area (Å²) in [6.45, 7) is 1.38. The normalized spacial score (nSPS) is 17.0. The molecule has 0 saturated carbocycles. The molecule has 1 aliphatic rings. The largest absolute Gasteiger partial charge is 0.355 e. The number of pyridine rings is 1. The first-order valence-electron chi connectivity index (χ1n) is 9.06. The van der Waals surface area contributed by atoms with Crippen LogP contribution in [-0.2, 0) is 10.0 Å². The summed E-state index contributed by atoms with van der Waals surface area (Å²) in [5.74, 6) is 0.870. The van der Waals surface area contributed by atoms with Gasteiger partial charge in [-0.1, -0.05) is 41.9 Å². The van der Waals surface area contributed by atoms with Crippen LogP contribution in [0.5, 0.6) is 0 Å². The molecule has 0 amide bonds. The first-order valence-corrected chi connectivity index (χ1v) is 10.9. The Morgan fingerprint density at radius 2 is 1.82 bits per heavy atom. The fraction of sp³-hybridized carbons (Fsp3) is 0.190. The molecule has 7 heteroatoms. The van der Waals surface area contributed by atoms with E-state index in [1.54, 1.807) is 30.5 Å². The Bertz CT molecular complexity index is 1060. The van der Waals surface area contributed by atoms with Crippen molar-refractivity contribution in [1.29, 1.82) is 0 Å². The second kappa shape index (κ2) is 7.91. The lowest BCUT2D eigenvalue weighted by Crippen LogP contribution is -2.37. The molecule has 1 atom stereocenters. The third-order valence-electron chi connectivity index (χ3n) is 4.81. The van der Waals surface area contributed by atoms with Crippen LogP contribution < -0.4 is 9.62 Å². The number of nitrogens with zero attached hydrogens (tertiary/aromatic N) is 2. The molecular formula is C21H20ClN3O2S. The first-order chi connectivity index (χ1) is 13.5. The maximum atomic E-state index is 12.8. The lowest BCUT2D eigenvalue weighted by molar-refractivity contribution is 0.561. The molecule has 2 aromatic carbocycles. The highest BCUT2D eigenvalue weighted by atomic mass is 35.5. The van der Waals surface area contributed by atoms with Crippen LogP contribution in [0, 0.1) is 0 Å². The van der Waals surface area contributed by atoms with E-state index in [1.807, 2.05) is 42.5 Å². The van der Waals surface area contributed by atoms with E-state index in [9.17, 15) is 8.42 Å². The monoisotopic (exact) mass is 413 g/mol. The molecule has 0 bridgehead atoms. The van der Waals surface area contributed by atoms with Crippen molar-refractivity contribution < 1.29 is 8.42 Å². The molecule has 1 saturated heterocycles. The molecule has 1 fully saturated rings. The molecule has 4 rings (SSSR count). The van der Waals surface area contributed by atoms with Gasteiger partial charge in [0.25, 0.3) is 0 Å². The van der Waals surface area contributed by atoms with Gasteiger partial charge in [-0.15, -0.1) is 0 Å². The van der Waals surface area contributed by atoms with Crippen molar-refractivity contribution in [1.82, 2.24) is 9.71 Å². The van der Waals surface area contributed by atoms with Gasteiger partial charge in [0.2, 0.25) is 10.0 Å². The Balaban J connectivity index is 1.45. The fourth-order valence-corrected chi connectivity index (χ4v) is 4.84. The van der Waals surface area contributed by atoms with E-state index in [-0.39, 0.29) is 10.9 Å². The number of hydrogen-bond donors (Lipinski definition) is 1. The van der Waals surface area contributed by atoms with Crippen LogP contribution in [-0.4, -0.2) is 32.5 Å². The number of rotatable bonds is 5. The van der Waals surface area contributed by atoms with Crippen LogP contribution in [0.15, 0.2) is 77.8 Å². The second-order valence-electron chi connectivity index (χ2n) is 6.78. The van der Waals surface area contributed by atoms with E-state index in [4.69, 9.17) is 11.6 Å². The van der Waals surface area contributed by atoms with Crippen LogP contribution in [0.3, 0.4) is 0 Å². The van der Waals surface area contributed by atoms with E-state index in [1.165, 1.54) is 0 Å². The van der Waals surface area contributed by atoms with Crippen LogP contribution in [0.2, 0.25) is 5.02 Å². The minimum Gasteiger partial charge on any atom is -0.355 e. The Kier molecular flexibility index (Phi) is 5.35. The first kappa shape index (κ1) is 18.9. The predicted molar refractivity (Wildman–Crippen MR) is 112 cm³/mol. The summed E-state index contributed by atoms with van der Waals surface area (Å²) in [6, 6.07) is 19.9. The number of aromatic nitrogens is 1. The molecule has 1 aliphatic heterocycles. The summed E-state index contributed by atoms with van der Waals surface area (Å²) >= 11 is 6.04. The highest BCUT2D eigenvalue weighted by molar-refractivity contribution is 7.89. The van der Waals surface area contributed by atoms with Gasteiger partial charge in [-0.25, -0.2) is 18.1 Å². The summed E-state index contributed by atoms with van der Waals surface area (Å²) in [5.41, 5.74) is 1.87. The van der Waals surface area contributed by atoms with Crippen LogP contribution in [0.4, 0.5) is 5.82 Å². The molecule has 0 radical (unpaired) electrons. The zero-order chi connectivity index (χ0) is 19.6. The molecule has 1 aromatic heterocycles. The van der Waals surface area contributed by atoms with E-state index in [2.05, 4.69) is 14.6 Å². The van der Waals surface area contributed by atoms with Crippen LogP contribution in [0.25, 0.3) is 11.1 Å². The zero-order valence-corrected chi connectivity index (χ0v) is 16.7. The zero-order valence-electron chi connectivity index (χ0n) is 15.1. The van der Waals surface area contributed by atoms with Crippen LogP contribution >= 0.6 is 11.6 Å². The molecule has 0 spiro atoms. The van der Waals surface area contributed by atoms with Gasteiger partial charge < -0.3 is 4.90 Å². The molecule has 1 N–H and O–H groups in total. The lowest BCUT2D eigenvalue weighted by Gasteiger charge is -2.18. The predicted octanol–water partition coefficient (Wildman–Crippen LogP) is 3.96. The number of hydrogen-bond acceptors (Lipinski definition) is 4. The standard InChI is InChI=1S/C21H20ClN3O2S/c22-18-5-3-4-17(14-18)16-7-9-20(10-8-16)28(26,27)24-19-11-13-25(15-19)21-6-1-2-12-23-21/h1-10,12,14,19,24H,11,13,15H2/t19-/m0/s1. The number of halogens is 1. The topological polar surface area (TPSA) is 62.3 Å². The molecule has 5 nitrogen and oxygen atoms in total. The van der Waals surface area contributed by atoms with Gasteiger partial charge in [-0.3, -0.25) is 0 Å². The number of sulfonamides is 1. The number of nitrogens with one attached hydrogen (secondary N) is 1. The van der Waals surface area contributed by atoms with Crippen LogP contribution in [0.1, 0.15) is 6.42 Å². The van der Waals surface area contributed by atoms with E-state index in [0.29, 0.717) is 11.6 Å². The van der Waals surface area contributed by atoms with Gasteiger partial charge in [-0.2, -0.15) is 0 Å². The van der Waals surface area contributed by atoms with Gasteiger partial charge in [-0.05, 0) is 53.9 Å². The van der Waals surface area contributed by atoms with Crippen molar-refractivity contribution in [2.45, 2.75) is 17.4 Å². The average molecular weight is 414 g/mol. The highest BCUT2D eigenvalue weighted by Crippen LogP contribution is 2.25. The molecule has 3 aromatic rings. The van der Waals surface area contributed by atoms with Gasteiger partial charge >= 0.3 is 0 Å². The summed E-state index contributed by atoms with van der Waals surface area (Å²) < 4.78 is 28.4. The fourth-order valence-electron chi connectivity index (χ4n) is 3.39. The van der Waals surface area contributed by atoms with E-state index < -0.39 is 10.0 Å². The Morgan fingerprint density at radius 1 is 1.00 bits per heavy atom. The van der Waals surface area contributed by atoms with Gasteiger partial charge in [0.15, 0.2) is 0 Å². The summed E-state index contributed by atoms with van der Waals surface area (Å²) in [4.78, 5) is 6.69. The summed E-state index contributed by atoms with van der Waals surface area (Å²) in [7, 11) is -3.58. The summed E-state index contributed by atoms with van der Waals surface area (Å²) in [6.07, 6.45) is 2.49. The van der Waals surface area contributed by atoms with Crippen molar-refractivity contribution in [3.8, 4) is 11.1 Å². The van der Waals surface area contributed by atoms with Gasteiger partial charge in [0.1, 0.15) is 5.82 Å². The third kappa shape index (κ3) is 4.19. The van der Waals surface area contributed by atoms with Crippen molar-refractivity contribution in [2.24, 2.45) is 0 Å². The van der Waals surface area contributed by atoms with Crippen molar-refractivity contribution in [3.63, 3.8) is 0 Å². The van der Waals surface area contributed by atoms with Gasteiger partial charge in [0.05, 0.1) is 4.90 Å². The van der Waals surface area contributed by atoms with Crippen molar-refractivity contribution >= 4 is 27.4 Å². The molecular weight excluding hydrogens is 394 g/mol. The molecule has 144 valence electrons. The minimum absolute atomic E-state index is 0.139. The Hall–Kier alpha value is -2.41. The maximum Gasteiger partial charge on any atom is 0.240 e. The van der Waals surface area contributed by atoms with E-state index in [0.717, 1.165) is 29.9 Å². The van der Waals surface area contributed by atoms with E-state index >= 15 is 0 Å². The number of benzene rings is 2. The maximum absolute atomic E-state index is 12.8. The average Bonchev–Trinajstić information content (AvgIpc) is 3.16. The van der Waals surface area contributed by atoms with Crippen molar-refractivity contribution in [3.05, 3.63) is 77.9 Å².